The molecule has 5 heterocycles. The molecule has 0 atom stereocenters. The molecule has 19 rings (SSSR count). The van der Waals surface area contributed by atoms with Gasteiger partial charge in [-0.2, -0.15) is 0 Å². The summed E-state index contributed by atoms with van der Waals surface area (Å²) in [6.45, 7) is -0.371. The first-order chi connectivity index (χ1) is 46.2. The summed E-state index contributed by atoms with van der Waals surface area (Å²) >= 11 is 1.89. The van der Waals surface area contributed by atoms with Gasteiger partial charge in [-0.3, -0.25) is 0 Å². The third-order valence-corrected chi connectivity index (χ3v) is 20.4. The molecule has 14 aromatic carbocycles. The van der Waals surface area contributed by atoms with Crippen molar-refractivity contribution in [1.29, 1.82) is 0 Å². The zero-order chi connectivity index (χ0) is 61.1. The van der Waals surface area contributed by atoms with Crippen LogP contribution in [0.25, 0.3) is 20.2 Å². The molecule has 1 aromatic heterocycles. The van der Waals surface area contributed by atoms with E-state index < -0.39 is 0 Å². The number of anilines is 18. The second-order valence-corrected chi connectivity index (χ2v) is 25.5. The summed E-state index contributed by atoms with van der Waals surface area (Å²) in [5.41, 5.74) is 27.5. The Morgan fingerprint density at radius 1 is 0.215 bits per heavy atom. The van der Waals surface area contributed by atoms with Crippen molar-refractivity contribution in [2.45, 2.75) is 0 Å². The Balaban J connectivity index is 0.954. The molecular weight excluding hydrogens is 1150 g/mol. The molecule has 4 aliphatic heterocycles. The standard InChI is InChI=1S/C84H56B2N6S/c1-9-29-57(30-10-1)87(58-31-11-2-12-32-58)65-49-77-83-78(50-65)91(63-41-21-7-22-42-63)75-56-76-71(54-70(75)85(83)69-46-26-27-47-73(69)89(77)61-37-17-5-18-38-61)86-72-55-82-68(67-45-25-28-48-81(67)93-82)53-74(72)90(62-39-19-6-20-40-62)79-51-66(52-80(84(79)86)92(76)64-43-23-8-24-44-64)88(59-33-13-3-14-34-59)60-35-15-4-16-36-60/h1-56H. The largest absolute Gasteiger partial charge is 0.311 e. The lowest BCUT2D eigenvalue weighted by molar-refractivity contribution is 1.21. The van der Waals surface area contributed by atoms with E-state index in [0.717, 1.165) is 96.7 Å². The van der Waals surface area contributed by atoms with Crippen molar-refractivity contribution in [1.82, 2.24) is 0 Å². The molecule has 0 spiro atoms. The van der Waals surface area contributed by atoms with Gasteiger partial charge in [-0.25, -0.2) is 0 Å². The summed E-state index contributed by atoms with van der Waals surface area (Å²) in [6, 6.07) is 126. The molecule has 0 aliphatic carbocycles. The van der Waals surface area contributed by atoms with Gasteiger partial charge in [-0.15, -0.1) is 11.3 Å². The lowest BCUT2D eigenvalue weighted by Crippen LogP contribution is -2.65. The SMILES string of the molecule is c1ccc(N(c2ccccc2)c2cc3c4c(c2)N(c2ccccc2)c2cc5c(cc2B4c2ccccc2N3c2ccccc2)B2c3cc4sc6ccccc6c4cc3N(c3ccccc3)c3cc(N(c4ccccc4)c4ccccc4)cc(c32)N5c2ccccc2)cc1. The number of fused-ring (bicyclic) bond motifs is 11. The number of thiophene rings is 1. The molecular formula is C84H56B2N6S. The van der Waals surface area contributed by atoms with E-state index >= 15 is 0 Å². The van der Waals surface area contributed by atoms with E-state index in [2.05, 4.69) is 369 Å². The predicted octanol–water partition coefficient (Wildman–Crippen LogP) is 19.2. The van der Waals surface area contributed by atoms with Crippen LogP contribution in [0.5, 0.6) is 0 Å². The van der Waals surface area contributed by atoms with Crippen molar-refractivity contribution in [3.8, 4) is 0 Å². The fraction of sp³-hybridized carbons (Fsp3) is 0. The first kappa shape index (κ1) is 53.1. The third kappa shape index (κ3) is 8.37. The number of para-hydroxylation sites is 9. The highest BCUT2D eigenvalue weighted by Crippen LogP contribution is 2.53. The van der Waals surface area contributed by atoms with Crippen LogP contribution in [0.15, 0.2) is 340 Å². The molecule has 434 valence electrons. The van der Waals surface area contributed by atoms with Crippen LogP contribution >= 0.6 is 11.3 Å². The number of hydrogen-bond donors (Lipinski definition) is 0. The maximum atomic E-state index is 2.65. The maximum Gasteiger partial charge on any atom is 0.252 e. The Labute approximate surface area is 545 Å². The molecule has 4 aliphatic rings. The molecule has 0 unspecified atom stereocenters. The molecule has 0 N–H and O–H groups in total. The van der Waals surface area contributed by atoms with E-state index in [1.807, 2.05) is 11.3 Å². The summed E-state index contributed by atoms with van der Waals surface area (Å²) < 4.78 is 2.56. The van der Waals surface area contributed by atoms with E-state index in [4.69, 9.17) is 0 Å². The molecule has 15 aromatic rings. The van der Waals surface area contributed by atoms with Crippen LogP contribution in [0.3, 0.4) is 0 Å². The molecule has 0 saturated heterocycles. The summed E-state index contributed by atoms with van der Waals surface area (Å²) in [4.78, 5) is 15.1. The highest BCUT2D eigenvalue weighted by atomic mass is 32.1. The number of nitrogens with zero attached hydrogens (tertiary/aromatic N) is 6. The third-order valence-electron chi connectivity index (χ3n) is 19.3. The summed E-state index contributed by atoms with van der Waals surface area (Å²) in [5.74, 6) is 0. The Kier molecular flexibility index (Phi) is 12.2. The highest BCUT2D eigenvalue weighted by Gasteiger charge is 2.49. The lowest BCUT2D eigenvalue weighted by atomic mass is 9.30. The fourth-order valence-corrected chi connectivity index (χ4v) is 16.6. The zero-order valence-corrected chi connectivity index (χ0v) is 51.4. The second kappa shape index (κ2) is 21.4. The van der Waals surface area contributed by atoms with Crippen LogP contribution in [-0.4, -0.2) is 13.4 Å². The molecule has 0 saturated carbocycles. The second-order valence-electron chi connectivity index (χ2n) is 24.4. The average molecular weight is 1200 g/mol. The Hall–Kier alpha value is -11.8. The van der Waals surface area contributed by atoms with Gasteiger partial charge in [0, 0.05) is 111 Å². The van der Waals surface area contributed by atoms with Crippen molar-refractivity contribution >= 4 is 180 Å². The minimum atomic E-state index is -0.200. The number of rotatable bonds is 10. The van der Waals surface area contributed by atoms with E-state index in [-0.39, 0.29) is 13.4 Å². The van der Waals surface area contributed by atoms with Gasteiger partial charge >= 0.3 is 0 Å². The smallest absolute Gasteiger partial charge is 0.252 e. The lowest BCUT2D eigenvalue weighted by Gasteiger charge is -2.48. The first-order valence-electron chi connectivity index (χ1n) is 32.0. The normalized spacial score (nSPS) is 13.0. The van der Waals surface area contributed by atoms with Crippen molar-refractivity contribution in [3.05, 3.63) is 340 Å². The van der Waals surface area contributed by atoms with Crippen LogP contribution in [0.2, 0.25) is 0 Å². The number of hydrogen-bond acceptors (Lipinski definition) is 7. The predicted molar refractivity (Wildman–Crippen MR) is 397 cm³/mol. The summed E-state index contributed by atoms with van der Waals surface area (Å²) in [7, 11) is 0. The number of benzene rings is 14. The van der Waals surface area contributed by atoms with Crippen LogP contribution in [-0.2, 0) is 0 Å². The van der Waals surface area contributed by atoms with Gasteiger partial charge in [0.15, 0.2) is 0 Å². The van der Waals surface area contributed by atoms with Gasteiger partial charge in [0.25, 0.3) is 13.4 Å². The summed E-state index contributed by atoms with van der Waals surface area (Å²) in [6.07, 6.45) is 0. The molecule has 9 heteroatoms. The van der Waals surface area contributed by atoms with Crippen LogP contribution < -0.4 is 62.2 Å². The van der Waals surface area contributed by atoms with Crippen molar-refractivity contribution in [3.63, 3.8) is 0 Å². The van der Waals surface area contributed by atoms with E-state index in [9.17, 15) is 0 Å². The van der Waals surface area contributed by atoms with Gasteiger partial charge in [-0.1, -0.05) is 188 Å². The zero-order valence-electron chi connectivity index (χ0n) is 50.6. The quantitative estimate of drug-likeness (QED) is 0.126. The van der Waals surface area contributed by atoms with Crippen molar-refractivity contribution in [2.24, 2.45) is 0 Å². The van der Waals surface area contributed by atoms with Gasteiger partial charge in [-0.05, 0) is 184 Å². The highest BCUT2D eigenvalue weighted by molar-refractivity contribution is 7.26. The summed E-state index contributed by atoms with van der Waals surface area (Å²) in [5, 5.41) is 2.54. The monoisotopic (exact) mass is 1200 g/mol. The minimum absolute atomic E-state index is 0.171. The first-order valence-corrected chi connectivity index (χ1v) is 32.8. The van der Waals surface area contributed by atoms with Gasteiger partial charge in [0.05, 0.1) is 11.4 Å². The van der Waals surface area contributed by atoms with E-state index in [1.54, 1.807) is 0 Å². The molecule has 0 radical (unpaired) electrons. The van der Waals surface area contributed by atoms with Gasteiger partial charge in [0.1, 0.15) is 0 Å². The average Bonchev–Trinajstić information content (AvgIpc) is 0.996. The molecule has 0 amide bonds. The van der Waals surface area contributed by atoms with Crippen LogP contribution in [0.1, 0.15) is 0 Å². The molecule has 6 nitrogen and oxygen atoms in total. The van der Waals surface area contributed by atoms with Gasteiger partial charge < -0.3 is 29.4 Å². The van der Waals surface area contributed by atoms with Crippen LogP contribution in [0, 0.1) is 0 Å². The van der Waals surface area contributed by atoms with E-state index in [1.165, 1.54) is 58.6 Å². The topological polar surface area (TPSA) is 19.4 Å². The molecule has 0 bridgehead atoms. The Morgan fingerprint density at radius 2 is 0.538 bits per heavy atom. The fourth-order valence-electron chi connectivity index (χ4n) is 15.5. The van der Waals surface area contributed by atoms with Gasteiger partial charge in [0.2, 0.25) is 0 Å². The van der Waals surface area contributed by atoms with E-state index in [0.29, 0.717) is 0 Å². The maximum absolute atomic E-state index is 2.65. The van der Waals surface area contributed by atoms with Crippen molar-refractivity contribution < 1.29 is 0 Å². The Bertz CT molecular complexity index is 5300. The minimum Gasteiger partial charge on any atom is -0.311 e. The van der Waals surface area contributed by atoms with Crippen molar-refractivity contribution in [2.75, 3.05) is 29.4 Å². The molecule has 0 fully saturated rings. The van der Waals surface area contributed by atoms with Crippen LogP contribution in [0.4, 0.5) is 102 Å². The molecule has 93 heavy (non-hydrogen) atoms. The Morgan fingerprint density at radius 3 is 0.957 bits per heavy atom.